The van der Waals surface area contributed by atoms with Gasteiger partial charge in [-0.15, -0.1) is 0 Å². The number of aryl methyl sites for hydroxylation is 1. The Morgan fingerprint density at radius 2 is 1.86 bits per heavy atom. The van der Waals surface area contributed by atoms with Gasteiger partial charge in [0.2, 0.25) is 5.91 Å². The number of benzene rings is 2. The topological polar surface area (TPSA) is 32.3 Å². The molecule has 2 aromatic carbocycles. The maximum Gasteiger partial charge on any atom is 0.242 e. The molecule has 2 aromatic rings. The number of hydrogen-bond acceptors (Lipinski definition) is 2. The highest BCUT2D eigenvalue weighted by atomic mass is 16.2. The first-order chi connectivity index (χ1) is 10.3. The van der Waals surface area contributed by atoms with E-state index in [-0.39, 0.29) is 11.9 Å². The zero-order chi connectivity index (χ0) is 14.7. The molecule has 3 rings (SSSR count). The molecule has 3 nitrogen and oxygen atoms in total. The van der Waals surface area contributed by atoms with E-state index in [0.717, 1.165) is 18.5 Å². The van der Waals surface area contributed by atoms with E-state index in [1.165, 1.54) is 11.1 Å². The van der Waals surface area contributed by atoms with Crippen LogP contribution in [0.15, 0.2) is 54.6 Å². The number of hydrogen-bond donors (Lipinski definition) is 1. The van der Waals surface area contributed by atoms with E-state index in [1.54, 1.807) is 0 Å². The van der Waals surface area contributed by atoms with Gasteiger partial charge in [0, 0.05) is 12.7 Å². The van der Waals surface area contributed by atoms with Gasteiger partial charge < -0.3 is 10.2 Å². The maximum atomic E-state index is 12.4. The Kier molecular flexibility index (Phi) is 3.91. The molecule has 1 N–H and O–H groups in total. The fourth-order valence-electron chi connectivity index (χ4n) is 2.97. The van der Waals surface area contributed by atoms with Crippen LogP contribution in [0.25, 0.3) is 0 Å². The lowest BCUT2D eigenvalue weighted by molar-refractivity contribution is -0.130. The average molecular weight is 280 g/mol. The third-order valence-electron chi connectivity index (χ3n) is 4.18. The molecular weight excluding hydrogens is 260 g/mol. The van der Waals surface area contributed by atoms with E-state index >= 15 is 0 Å². The highest BCUT2D eigenvalue weighted by Crippen LogP contribution is 2.34. The van der Waals surface area contributed by atoms with Gasteiger partial charge in [-0.3, -0.25) is 4.79 Å². The summed E-state index contributed by atoms with van der Waals surface area (Å²) in [7, 11) is 1.90. The van der Waals surface area contributed by atoms with Crippen LogP contribution in [0.4, 0.5) is 5.69 Å². The second kappa shape index (κ2) is 6.00. The van der Waals surface area contributed by atoms with Crippen molar-refractivity contribution in [3.05, 3.63) is 65.7 Å². The van der Waals surface area contributed by atoms with E-state index in [1.807, 2.05) is 42.3 Å². The van der Waals surface area contributed by atoms with Crippen LogP contribution in [0.5, 0.6) is 0 Å². The highest BCUT2D eigenvalue weighted by Gasteiger charge is 2.27. The number of likely N-dealkylation sites (N-methyl/N-ethyl adjacent to an activating group) is 1. The number of carbonyl (C=O) groups is 1. The second-order valence-electron chi connectivity index (χ2n) is 5.48. The van der Waals surface area contributed by atoms with Gasteiger partial charge in [0.25, 0.3) is 0 Å². The summed E-state index contributed by atoms with van der Waals surface area (Å²) in [5.41, 5.74) is 3.65. The van der Waals surface area contributed by atoms with E-state index < -0.39 is 0 Å². The van der Waals surface area contributed by atoms with E-state index in [0.29, 0.717) is 6.54 Å². The molecule has 21 heavy (non-hydrogen) atoms. The summed E-state index contributed by atoms with van der Waals surface area (Å²) in [5, 5.41) is 3.18. The predicted octanol–water partition coefficient (Wildman–Crippen LogP) is 3.24. The molecule has 0 radical (unpaired) electrons. The van der Waals surface area contributed by atoms with Crippen LogP contribution >= 0.6 is 0 Å². The smallest absolute Gasteiger partial charge is 0.242 e. The minimum Gasteiger partial charge on any atom is -0.376 e. The van der Waals surface area contributed by atoms with Crippen molar-refractivity contribution >= 4 is 11.6 Å². The summed E-state index contributed by atoms with van der Waals surface area (Å²) >= 11 is 0. The first kappa shape index (κ1) is 13.7. The molecule has 1 atom stereocenters. The van der Waals surface area contributed by atoms with Crippen molar-refractivity contribution in [1.29, 1.82) is 0 Å². The summed E-state index contributed by atoms with van der Waals surface area (Å²) in [6.45, 7) is 0.333. The van der Waals surface area contributed by atoms with Crippen molar-refractivity contribution in [2.45, 2.75) is 18.9 Å². The molecule has 1 amide bonds. The molecule has 0 bridgehead atoms. The first-order valence-corrected chi connectivity index (χ1v) is 7.38. The van der Waals surface area contributed by atoms with Gasteiger partial charge in [0.15, 0.2) is 0 Å². The summed E-state index contributed by atoms with van der Waals surface area (Å²) < 4.78 is 0. The SMILES string of the molecule is CN(C(=O)CNc1ccccc1)C1CCc2ccccc21. The monoisotopic (exact) mass is 280 g/mol. The molecule has 0 saturated carbocycles. The van der Waals surface area contributed by atoms with Crippen LogP contribution in [0, 0.1) is 0 Å². The van der Waals surface area contributed by atoms with Gasteiger partial charge in [-0.05, 0) is 36.1 Å². The normalized spacial score (nSPS) is 16.3. The third-order valence-corrected chi connectivity index (χ3v) is 4.18. The molecule has 108 valence electrons. The number of carbonyl (C=O) groups excluding carboxylic acids is 1. The van der Waals surface area contributed by atoms with Gasteiger partial charge in [-0.1, -0.05) is 42.5 Å². The Morgan fingerprint density at radius 1 is 1.14 bits per heavy atom. The van der Waals surface area contributed by atoms with Crippen molar-refractivity contribution < 1.29 is 4.79 Å². The van der Waals surface area contributed by atoms with Gasteiger partial charge in [-0.25, -0.2) is 0 Å². The molecule has 0 saturated heterocycles. The van der Waals surface area contributed by atoms with Crippen molar-refractivity contribution in [2.75, 3.05) is 18.9 Å². The van der Waals surface area contributed by atoms with Crippen LogP contribution in [0.3, 0.4) is 0 Å². The highest BCUT2D eigenvalue weighted by molar-refractivity contribution is 5.81. The lowest BCUT2D eigenvalue weighted by atomic mass is 10.1. The molecule has 0 fully saturated rings. The molecule has 1 aliphatic rings. The standard InChI is InChI=1S/C18H20N2O/c1-20(17-12-11-14-7-5-6-10-16(14)17)18(21)13-19-15-8-3-2-4-9-15/h2-10,17,19H,11-13H2,1H3. The lowest BCUT2D eigenvalue weighted by Gasteiger charge is -2.25. The zero-order valence-electron chi connectivity index (χ0n) is 12.3. The van der Waals surface area contributed by atoms with Gasteiger partial charge >= 0.3 is 0 Å². The van der Waals surface area contributed by atoms with E-state index in [4.69, 9.17) is 0 Å². The van der Waals surface area contributed by atoms with E-state index in [2.05, 4.69) is 29.6 Å². The van der Waals surface area contributed by atoms with Crippen molar-refractivity contribution in [1.82, 2.24) is 4.90 Å². The largest absolute Gasteiger partial charge is 0.376 e. The predicted molar refractivity (Wildman–Crippen MR) is 85.2 cm³/mol. The first-order valence-electron chi connectivity index (χ1n) is 7.38. The quantitative estimate of drug-likeness (QED) is 0.932. The van der Waals surface area contributed by atoms with Crippen LogP contribution < -0.4 is 5.32 Å². The maximum absolute atomic E-state index is 12.4. The lowest BCUT2D eigenvalue weighted by Crippen LogP contribution is -2.34. The van der Waals surface area contributed by atoms with Crippen LogP contribution in [0.1, 0.15) is 23.6 Å². The van der Waals surface area contributed by atoms with Gasteiger partial charge in [0.1, 0.15) is 0 Å². The average Bonchev–Trinajstić information content (AvgIpc) is 2.97. The van der Waals surface area contributed by atoms with Crippen LogP contribution in [-0.4, -0.2) is 24.4 Å². The van der Waals surface area contributed by atoms with Crippen molar-refractivity contribution in [3.63, 3.8) is 0 Å². The number of nitrogens with zero attached hydrogens (tertiary/aromatic N) is 1. The summed E-state index contributed by atoms with van der Waals surface area (Å²) in [4.78, 5) is 14.3. The number of nitrogens with one attached hydrogen (secondary N) is 1. The molecule has 1 aliphatic carbocycles. The third kappa shape index (κ3) is 2.92. The Morgan fingerprint density at radius 3 is 2.67 bits per heavy atom. The fraction of sp³-hybridized carbons (Fsp3) is 0.278. The summed E-state index contributed by atoms with van der Waals surface area (Å²) in [6.07, 6.45) is 2.08. The number of fused-ring (bicyclic) bond motifs is 1. The molecule has 0 aliphatic heterocycles. The fourth-order valence-corrected chi connectivity index (χ4v) is 2.97. The number of rotatable bonds is 4. The Labute approximate surface area is 125 Å². The number of amides is 1. The molecule has 3 heteroatoms. The number of anilines is 1. The Bertz CT molecular complexity index is 624. The zero-order valence-corrected chi connectivity index (χ0v) is 12.3. The van der Waals surface area contributed by atoms with Crippen LogP contribution in [0.2, 0.25) is 0 Å². The minimum absolute atomic E-state index is 0.126. The van der Waals surface area contributed by atoms with Gasteiger partial charge in [0.05, 0.1) is 12.6 Å². The summed E-state index contributed by atoms with van der Waals surface area (Å²) in [5.74, 6) is 0.126. The minimum atomic E-state index is 0.126. The Hall–Kier alpha value is -2.29. The van der Waals surface area contributed by atoms with Gasteiger partial charge in [-0.2, -0.15) is 0 Å². The van der Waals surface area contributed by atoms with Crippen molar-refractivity contribution in [3.8, 4) is 0 Å². The molecular formula is C18H20N2O. The molecule has 0 heterocycles. The summed E-state index contributed by atoms with van der Waals surface area (Å²) in [6, 6.07) is 18.5. The van der Waals surface area contributed by atoms with E-state index in [9.17, 15) is 4.79 Å². The molecule has 1 unspecified atom stereocenters. The van der Waals surface area contributed by atoms with Crippen LogP contribution in [-0.2, 0) is 11.2 Å². The molecule has 0 aromatic heterocycles. The second-order valence-corrected chi connectivity index (χ2v) is 5.48. The molecule has 0 spiro atoms. The number of para-hydroxylation sites is 1. The van der Waals surface area contributed by atoms with Crippen molar-refractivity contribution in [2.24, 2.45) is 0 Å². The Balaban J connectivity index is 1.63.